The Bertz CT molecular complexity index is 1200. The van der Waals surface area contributed by atoms with E-state index in [-0.39, 0.29) is 0 Å². The molecular formula is C29H35N3O. The van der Waals surface area contributed by atoms with E-state index in [1.807, 2.05) is 0 Å². The molecule has 0 radical (unpaired) electrons. The number of unbranched alkanes of at least 4 members (excludes halogenated alkanes) is 1. The summed E-state index contributed by atoms with van der Waals surface area (Å²) < 4.78 is 8.03. The molecule has 1 aliphatic heterocycles. The Morgan fingerprint density at radius 1 is 0.909 bits per heavy atom. The van der Waals surface area contributed by atoms with Gasteiger partial charge in [0.15, 0.2) is 0 Å². The summed E-state index contributed by atoms with van der Waals surface area (Å²) in [4.78, 5) is 7.45. The second-order valence-electron chi connectivity index (χ2n) is 9.23. The molecule has 1 saturated heterocycles. The van der Waals surface area contributed by atoms with E-state index in [1.165, 1.54) is 71.2 Å². The second kappa shape index (κ2) is 9.96. The van der Waals surface area contributed by atoms with Crippen molar-refractivity contribution in [1.82, 2.24) is 9.38 Å². The van der Waals surface area contributed by atoms with Crippen molar-refractivity contribution in [3.05, 3.63) is 66.5 Å². The average Bonchev–Trinajstić information content (AvgIpc) is 3.27. The van der Waals surface area contributed by atoms with Crippen LogP contribution in [0.5, 0.6) is 0 Å². The summed E-state index contributed by atoms with van der Waals surface area (Å²) in [7, 11) is 0. The number of aromatic nitrogens is 2. The minimum absolute atomic E-state index is 0.567. The predicted octanol–water partition coefficient (Wildman–Crippen LogP) is 7.07. The number of morpholine rings is 1. The fourth-order valence-electron chi connectivity index (χ4n) is 5.24. The molecule has 172 valence electrons. The third-order valence-corrected chi connectivity index (χ3v) is 7.01. The zero-order chi connectivity index (χ0) is 22.6. The van der Waals surface area contributed by atoms with E-state index in [0.29, 0.717) is 5.92 Å². The lowest BCUT2D eigenvalue weighted by molar-refractivity contribution is 0.123. The normalized spacial score (nSPS) is 15.4. The lowest BCUT2D eigenvalue weighted by Crippen LogP contribution is -2.36. The smallest absolute Gasteiger partial charge is 0.0696 e. The molecule has 5 rings (SSSR count). The molecule has 3 aromatic heterocycles. The number of para-hydroxylation sites is 1. The molecule has 0 amide bonds. The summed E-state index contributed by atoms with van der Waals surface area (Å²) in [5, 5.41) is 1.25. The van der Waals surface area contributed by atoms with E-state index in [4.69, 9.17) is 9.72 Å². The first-order valence-electron chi connectivity index (χ1n) is 12.6. The first-order chi connectivity index (χ1) is 16.3. The maximum Gasteiger partial charge on any atom is 0.0696 e. The molecule has 0 aliphatic carbocycles. The van der Waals surface area contributed by atoms with Crippen LogP contribution in [0.25, 0.3) is 27.7 Å². The average molecular weight is 442 g/mol. The van der Waals surface area contributed by atoms with Crippen molar-refractivity contribution in [3.63, 3.8) is 0 Å². The van der Waals surface area contributed by atoms with Gasteiger partial charge in [-0.15, -0.1) is 0 Å². The van der Waals surface area contributed by atoms with Gasteiger partial charge >= 0.3 is 0 Å². The molecule has 33 heavy (non-hydrogen) atoms. The lowest BCUT2D eigenvalue weighted by Gasteiger charge is -2.28. The third kappa shape index (κ3) is 4.37. The molecule has 4 heteroatoms. The molecule has 4 aromatic rings. The van der Waals surface area contributed by atoms with Gasteiger partial charge < -0.3 is 14.0 Å². The van der Waals surface area contributed by atoms with Crippen LogP contribution in [0.4, 0.5) is 5.69 Å². The molecule has 1 fully saturated rings. The zero-order valence-electron chi connectivity index (χ0n) is 20.0. The largest absolute Gasteiger partial charge is 0.378 e. The van der Waals surface area contributed by atoms with Gasteiger partial charge in [0.05, 0.1) is 35.6 Å². The van der Waals surface area contributed by atoms with Crippen LogP contribution >= 0.6 is 0 Å². The highest BCUT2D eigenvalue weighted by atomic mass is 16.5. The topological polar surface area (TPSA) is 29.8 Å². The van der Waals surface area contributed by atoms with Gasteiger partial charge in [0.2, 0.25) is 0 Å². The number of nitrogens with zero attached hydrogens (tertiary/aromatic N) is 3. The van der Waals surface area contributed by atoms with Gasteiger partial charge in [-0.05, 0) is 48.6 Å². The van der Waals surface area contributed by atoms with Crippen molar-refractivity contribution in [2.24, 2.45) is 0 Å². The summed E-state index contributed by atoms with van der Waals surface area (Å²) in [6.07, 6.45) is 8.26. The maximum absolute atomic E-state index is 5.62. The van der Waals surface area contributed by atoms with E-state index >= 15 is 0 Å². The molecule has 0 N–H and O–H groups in total. The molecular weight excluding hydrogens is 406 g/mol. The Hall–Kier alpha value is -2.85. The predicted molar refractivity (Wildman–Crippen MR) is 138 cm³/mol. The van der Waals surface area contributed by atoms with Gasteiger partial charge in [0.25, 0.3) is 0 Å². The maximum atomic E-state index is 5.62. The standard InChI is InChI=1S/C29H35N3O/c1-3-5-9-22(8-4-2)25-14-12-24(21-30-25)28-20-29(31-16-18-33-19-17-31)27-15-13-23-10-6-7-11-26(23)32(27)28/h6-7,10-15,20-22H,3-5,8-9,16-19H2,1-2H3. The Morgan fingerprint density at radius 2 is 1.76 bits per heavy atom. The van der Waals surface area contributed by atoms with Gasteiger partial charge in [0.1, 0.15) is 0 Å². The lowest BCUT2D eigenvalue weighted by atomic mass is 9.93. The summed E-state index contributed by atoms with van der Waals surface area (Å²) in [5.74, 6) is 0.567. The highest BCUT2D eigenvalue weighted by molar-refractivity contribution is 5.92. The number of pyridine rings is 2. The van der Waals surface area contributed by atoms with Gasteiger partial charge in [0, 0.05) is 36.5 Å². The number of benzene rings is 1. The third-order valence-electron chi connectivity index (χ3n) is 7.01. The number of hydrogen-bond donors (Lipinski definition) is 0. The summed E-state index contributed by atoms with van der Waals surface area (Å²) in [6, 6.07) is 20.1. The van der Waals surface area contributed by atoms with Crippen molar-refractivity contribution < 1.29 is 4.74 Å². The van der Waals surface area contributed by atoms with E-state index in [9.17, 15) is 0 Å². The second-order valence-corrected chi connectivity index (χ2v) is 9.23. The first kappa shape index (κ1) is 22.0. The molecule has 0 saturated carbocycles. The molecule has 4 heterocycles. The van der Waals surface area contributed by atoms with Crippen LogP contribution in [0.2, 0.25) is 0 Å². The highest BCUT2D eigenvalue weighted by Crippen LogP contribution is 2.36. The molecule has 0 spiro atoms. The minimum Gasteiger partial charge on any atom is -0.378 e. The number of fused-ring (bicyclic) bond motifs is 3. The van der Waals surface area contributed by atoms with Crippen LogP contribution < -0.4 is 4.90 Å². The van der Waals surface area contributed by atoms with Gasteiger partial charge in [-0.2, -0.15) is 0 Å². The van der Waals surface area contributed by atoms with E-state index < -0.39 is 0 Å². The van der Waals surface area contributed by atoms with Gasteiger partial charge in [-0.25, -0.2) is 0 Å². The Balaban J connectivity index is 1.60. The highest BCUT2D eigenvalue weighted by Gasteiger charge is 2.20. The summed E-state index contributed by atoms with van der Waals surface area (Å²) in [6.45, 7) is 7.98. The molecule has 1 aliphatic rings. The summed E-state index contributed by atoms with van der Waals surface area (Å²) in [5.41, 5.74) is 7.41. The Kier molecular flexibility index (Phi) is 6.63. The Morgan fingerprint density at radius 3 is 2.52 bits per heavy atom. The van der Waals surface area contributed by atoms with Crippen LogP contribution in [0.1, 0.15) is 57.6 Å². The van der Waals surface area contributed by atoms with Crippen molar-refractivity contribution in [2.45, 2.75) is 51.9 Å². The molecule has 1 unspecified atom stereocenters. The fraction of sp³-hybridized carbons (Fsp3) is 0.414. The number of rotatable bonds is 8. The van der Waals surface area contributed by atoms with Crippen LogP contribution in [0.3, 0.4) is 0 Å². The van der Waals surface area contributed by atoms with Gasteiger partial charge in [-0.3, -0.25) is 4.98 Å². The number of anilines is 1. The van der Waals surface area contributed by atoms with Crippen molar-refractivity contribution >= 4 is 22.1 Å². The monoisotopic (exact) mass is 441 g/mol. The minimum atomic E-state index is 0.567. The fourth-order valence-corrected chi connectivity index (χ4v) is 5.24. The van der Waals surface area contributed by atoms with Crippen LogP contribution in [-0.2, 0) is 4.74 Å². The van der Waals surface area contributed by atoms with Gasteiger partial charge in [-0.1, -0.05) is 57.4 Å². The van der Waals surface area contributed by atoms with Crippen molar-refractivity contribution in [1.29, 1.82) is 0 Å². The van der Waals surface area contributed by atoms with Crippen LogP contribution in [0.15, 0.2) is 60.8 Å². The number of ether oxygens (including phenoxy) is 1. The molecule has 0 bridgehead atoms. The van der Waals surface area contributed by atoms with Crippen LogP contribution in [0, 0.1) is 0 Å². The van der Waals surface area contributed by atoms with Crippen molar-refractivity contribution in [2.75, 3.05) is 31.2 Å². The van der Waals surface area contributed by atoms with E-state index in [1.54, 1.807) is 0 Å². The molecule has 1 atom stereocenters. The SMILES string of the molecule is CCCCC(CCC)c1ccc(-c2cc(N3CCOCC3)c3ccc4ccccc4n23)cn1. The summed E-state index contributed by atoms with van der Waals surface area (Å²) >= 11 is 0. The molecule has 1 aromatic carbocycles. The zero-order valence-corrected chi connectivity index (χ0v) is 20.0. The van der Waals surface area contributed by atoms with E-state index in [2.05, 4.69) is 83.9 Å². The quantitative estimate of drug-likeness (QED) is 0.293. The van der Waals surface area contributed by atoms with Crippen molar-refractivity contribution in [3.8, 4) is 11.3 Å². The number of hydrogen-bond acceptors (Lipinski definition) is 3. The molecule has 4 nitrogen and oxygen atoms in total. The first-order valence-corrected chi connectivity index (χ1v) is 12.6. The Labute approximate surface area is 197 Å². The van der Waals surface area contributed by atoms with E-state index in [0.717, 1.165) is 26.3 Å². The van der Waals surface area contributed by atoms with Crippen LogP contribution in [-0.4, -0.2) is 35.7 Å².